The summed E-state index contributed by atoms with van der Waals surface area (Å²) in [7, 11) is 0. The quantitative estimate of drug-likeness (QED) is 0.800. The molecular weight excluding hydrogens is 242 g/mol. The second kappa shape index (κ2) is 6.43. The molecule has 102 valence electrons. The molecule has 0 saturated carbocycles. The lowest BCUT2D eigenvalue weighted by Crippen LogP contribution is -2.41. The summed E-state index contributed by atoms with van der Waals surface area (Å²) in [6.07, 6.45) is 3.06. The monoisotopic (exact) mass is 261 g/mol. The Morgan fingerprint density at radius 1 is 1.47 bits per heavy atom. The van der Waals surface area contributed by atoms with E-state index in [1.165, 1.54) is 0 Å². The van der Waals surface area contributed by atoms with E-state index in [1.807, 2.05) is 18.2 Å². The van der Waals surface area contributed by atoms with Crippen molar-refractivity contribution < 1.29 is 9.59 Å². The van der Waals surface area contributed by atoms with Gasteiger partial charge in [-0.2, -0.15) is 0 Å². The van der Waals surface area contributed by atoms with Crippen molar-refractivity contribution in [3.8, 4) is 0 Å². The number of ketones is 1. The number of Topliss-reactive ketones (excluding diaryl/α,β-unsaturated/α-hetero) is 1. The van der Waals surface area contributed by atoms with Crippen LogP contribution in [0.1, 0.15) is 19.0 Å². The van der Waals surface area contributed by atoms with Crippen molar-refractivity contribution in [2.45, 2.75) is 25.8 Å². The molecule has 0 spiro atoms. The van der Waals surface area contributed by atoms with Gasteiger partial charge in [-0.15, -0.1) is 0 Å². The Balaban J connectivity index is 1.72. The number of nitrogens with one attached hydrogen (secondary N) is 2. The molecule has 1 aliphatic rings. The number of hydrogen-bond donors (Lipinski definition) is 2. The van der Waals surface area contributed by atoms with Crippen molar-refractivity contribution >= 4 is 11.7 Å². The first-order chi connectivity index (χ1) is 9.16. The van der Waals surface area contributed by atoms with E-state index >= 15 is 0 Å². The SMILES string of the molecule is CC(=O)C1CNC(C(=O)NCCc2ccccn2)C1. The fourth-order valence-electron chi connectivity index (χ4n) is 2.23. The van der Waals surface area contributed by atoms with Gasteiger partial charge in [0.15, 0.2) is 0 Å². The Labute approximate surface area is 112 Å². The van der Waals surface area contributed by atoms with Gasteiger partial charge in [0, 0.05) is 37.3 Å². The summed E-state index contributed by atoms with van der Waals surface area (Å²) >= 11 is 0. The second-order valence-electron chi connectivity index (χ2n) is 4.87. The molecule has 0 bridgehead atoms. The number of rotatable bonds is 5. The van der Waals surface area contributed by atoms with Crippen molar-refractivity contribution in [2.75, 3.05) is 13.1 Å². The molecule has 1 aromatic rings. The number of nitrogens with zero attached hydrogens (tertiary/aromatic N) is 1. The van der Waals surface area contributed by atoms with Crippen molar-refractivity contribution in [3.63, 3.8) is 0 Å². The average Bonchev–Trinajstić information content (AvgIpc) is 2.89. The largest absolute Gasteiger partial charge is 0.354 e. The Bertz CT molecular complexity index is 447. The number of aromatic nitrogens is 1. The molecule has 1 aromatic heterocycles. The first-order valence-corrected chi connectivity index (χ1v) is 6.58. The highest BCUT2D eigenvalue weighted by Gasteiger charge is 2.31. The number of carbonyl (C=O) groups excluding carboxylic acids is 2. The van der Waals surface area contributed by atoms with Crippen LogP contribution in [0.2, 0.25) is 0 Å². The van der Waals surface area contributed by atoms with Crippen LogP contribution in [-0.2, 0) is 16.0 Å². The summed E-state index contributed by atoms with van der Waals surface area (Å²) < 4.78 is 0. The van der Waals surface area contributed by atoms with Crippen molar-refractivity contribution in [1.82, 2.24) is 15.6 Å². The van der Waals surface area contributed by atoms with Crippen molar-refractivity contribution in [2.24, 2.45) is 5.92 Å². The minimum Gasteiger partial charge on any atom is -0.354 e. The van der Waals surface area contributed by atoms with Crippen LogP contribution in [0.3, 0.4) is 0 Å². The highest BCUT2D eigenvalue weighted by atomic mass is 16.2. The lowest BCUT2D eigenvalue weighted by atomic mass is 10.0. The van der Waals surface area contributed by atoms with Gasteiger partial charge in [0.2, 0.25) is 5.91 Å². The summed E-state index contributed by atoms with van der Waals surface area (Å²) in [4.78, 5) is 27.3. The minimum absolute atomic E-state index is 0.0217. The fourth-order valence-corrected chi connectivity index (χ4v) is 2.23. The van der Waals surface area contributed by atoms with Crippen LogP contribution in [0, 0.1) is 5.92 Å². The van der Waals surface area contributed by atoms with Crippen LogP contribution in [0.5, 0.6) is 0 Å². The molecule has 1 saturated heterocycles. The molecule has 2 rings (SSSR count). The molecule has 19 heavy (non-hydrogen) atoms. The van der Waals surface area contributed by atoms with E-state index < -0.39 is 0 Å². The zero-order valence-corrected chi connectivity index (χ0v) is 11.1. The Kier molecular flexibility index (Phi) is 4.63. The van der Waals surface area contributed by atoms with Crippen molar-refractivity contribution in [1.29, 1.82) is 0 Å². The van der Waals surface area contributed by atoms with Gasteiger partial charge in [0.05, 0.1) is 6.04 Å². The molecule has 0 aliphatic carbocycles. The fraction of sp³-hybridized carbons (Fsp3) is 0.500. The molecule has 2 atom stereocenters. The maximum Gasteiger partial charge on any atom is 0.237 e. The van der Waals surface area contributed by atoms with E-state index in [9.17, 15) is 9.59 Å². The summed E-state index contributed by atoms with van der Waals surface area (Å²) in [6.45, 7) is 2.75. The van der Waals surface area contributed by atoms with E-state index in [4.69, 9.17) is 0 Å². The van der Waals surface area contributed by atoms with Gasteiger partial charge in [-0.3, -0.25) is 14.6 Å². The third-order valence-electron chi connectivity index (χ3n) is 3.43. The van der Waals surface area contributed by atoms with Gasteiger partial charge in [-0.1, -0.05) is 6.07 Å². The van der Waals surface area contributed by atoms with Gasteiger partial charge in [0.1, 0.15) is 5.78 Å². The standard InChI is InChI=1S/C14H19N3O2/c1-10(18)11-8-13(17-9-11)14(19)16-7-5-12-4-2-3-6-15-12/h2-4,6,11,13,17H,5,7-9H2,1H3,(H,16,19). The normalized spacial score (nSPS) is 22.2. The predicted molar refractivity (Wildman–Crippen MR) is 71.5 cm³/mol. The maximum atomic E-state index is 11.9. The first-order valence-electron chi connectivity index (χ1n) is 6.58. The van der Waals surface area contributed by atoms with Gasteiger partial charge >= 0.3 is 0 Å². The predicted octanol–water partition coefficient (Wildman–Crippen LogP) is 0.307. The van der Waals surface area contributed by atoms with E-state index in [0.717, 1.165) is 12.1 Å². The lowest BCUT2D eigenvalue weighted by molar-refractivity contribution is -0.123. The third-order valence-corrected chi connectivity index (χ3v) is 3.43. The highest BCUT2D eigenvalue weighted by molar-refractivity contribution is 5.85. The molecule has 1 amide bonds. The topological polar surface area (TPSA) is 71.1 Å². The number of pyridine rings is 1. The van der Waals surface area contributed by atoms with Crippen LogP contribution in [0.15, 0.2) is 24.4 Å². The Morgan fingerprint density at radius 2 is 2.32 bits per heavy atom. The van der Waals surface area contributed by atoms with Crippen LogP contribution in [0.25, 0.3) is 0 Å². The Hall–Kier alpha value is -1.75. The molecule has 2 heterocycles. The van der Waals surface area contributed by atoms with Gasteiger partial charge < -0.3 is 10.6 Å². The van der Waals surface area contributed by atoms with E-state index in [2.05, 4.69) is 15.6 Å². The second-order valence-corrected chi connectivity index (χ2v) is 4.87. The molecule has 5 nitrogen and oxygen atoms in total. The molecule has 1 fully saturated rings. The molecular formula is C14H19N3O2. The van der Waals surface area contributed by atoms with E-state index in [-0.39, 0.29) is 23.7 Å². The summed E-state index contributed by atoms with van der Waals surface area (Å²) in [5.74, 6) is 0.0995. The zero-order chi connectivity index (χ0) is 13.7. The summed E-state index contributed by atoms with van der Waals surface area (Å²) in [6, 6.07) is 5.50. The number of hydrogen-bond acceptors (Lipinski definition) is 4. The molecule has 2 N–H and O–H groups in total. The van der Waals surface area contributed by atoms with E-state index in [1.54, 1.807) is 13.1 Å². The molecule has 1 aliphatic heterocycles. The maximum absolute atomic E-state index is 11.9. The summed E-state index contributed by atoms with van der Waals surface area (Å²) in [5, 5.41) is 5.97. The molecule has 0 radical (unpaired) electrons. The summed E-state index contributed by atoms with van der Waals surface area (Å²) in [5.41, 5.74) is 0.962. The van der Waals surface area contributed by atoms with Crippen LogP contribution < -0.4 is 10.6 Å². The van der Waals surface area contributed by atoms with Crippen molar-refractivity contribution in [3.05, 3.63) is 30.1 Å². The van der Waals surface area contributed by atoms with Crippen LogP contribution in [-0.4, -0.2) is 35.8 Å². The Morgan fingerprint density at radius 3 is 2.95 bits per heavy atom. The van der Waals surface area contributed by atoms with Gasteiger partial charge in [-0.05, 0) is 25.5 Å². The van der Waals surface area contributed by atoms with Crippen LogP contribution in [0.4, 0.5) is 0 Å². The van der Waals surface area contributed by atoms with Gasteiger partial charge in [-0.25, -0.2) is 0 Å². The highest BCUT2D eigenvalue weighted by Crippen LogP contribution is 2.14. The van der Waals surface area contributed by atoms with Crippen LogP contribution >= 0.6 is 0 Å². The lowest BCUT2D eigenvalue weighted by Gasteiger charge is -2.10. The smallest absolute Gasteiger partial charge is 0.237 e. The minimum atomic E-state index is -0.238. The molecule has 2 unspecified atom stereocenters. The first kappa shape index (κ1) is 13.7. The molecule has 5 heteroatoms. The van der Waals surface area contributed by atoms with Gasteiger partial charge in [0.25, 0.3) is 0 Å². The number of carbonyl (C=O) groups is 2. The molecule has 0 aromatic carbocycles. The third kappa shape index (κ3) is 3.86. The average molecular weight is 261 g/mol. The number of amides is 1. The van der Waals surface area contributed by atoms with E-state index in [0.29, 0.717) is 19.5 Å². The zero-order valence-electron chi connectivity index (χ0n) is 11.1.